The summed E-state index contributed by atoms with van der Waals surface area (Å²) in [5.74, 6) is 0.677. The number of hydrogen-bond acceptors (Lipinski definition) is 2. The lowest BCUT2D eigenvalue weighted by atomic mass is 10.1. The molecule has 2 aliphatic rings. The fraction of sp³-hybridized carbons (Fsp3) is 0.467. The first-order valence-corrected chi connectivity index (χ1v) is 6.70. The molecular formula is C15H19FN2. The van der Waals surface area contributed by atoms with Gasteiger partial charge in [0.1, 0.15) is 5.82 Å². The minimum absolute atomic E-state index is 0.174. The van der Waals surface area contributed by atoms with E-state index in [1.807, 2.05) is 12.1 Å². The standard InChI is InChI=1S/C15H19FN2/c16-14-5-3-12(4-6-14)2-1-8-18-9-7-13-10-17-11-15(13)18/h1-6,13,15,17H,7-11H2/t13-,15+/m0/s1. The van der Waals surface area contributed by atoms with Crippen molar-refractivity contribution >= 4 is 6.08 Å². The summed E-state index contributed by atoms with van der Waals surface area (Å²) in [5.41, 5.74) is 1.07. The molecule has 0 amide bonds. The van der Waals surface area contributed by atoms with Gasteiger partial charge in [-0.25, -0.2) is 4.39 Å². The summed E-state index contributed by atoms with van der Waals surface area (Å²) in [5, 5.41) is 3.46. The molecule has 3 heteroatoms. The van der Waals surface area contributed by atoms with E-state index in [1.165, 1.54) is 31.6 Å². The van der Waals surface area contributed by atoms with Crippen LogP contribution < -0.4 is 5.32 Å². The second-order valence-electron chi connectivity index (χ2n) is 5.22. The Balaban J connectivity index is 1.56. The van der Waals surface area contributed by atoms with Gasteiger partial charge in [0.15, 0.2) is 0 Å². The van der Waals surface area contributed by atoms with Gasteiger partial charge in [0.2, 0.25) is 0 Å². The summed E-state index contributed by atoms with van der Waals surface area (Å²) in [6.07, 6.45) is 5.59. The summed E-state index contributed by atoms with van der Waals surface area (Å²) in [6.45, 7) is 4.53. The molecule has 2 atom stereocenters. The third-order valence-corrected chi connectivity index (χ3v) is 4.08. The number of benzene rings is 1. The van der Waals surface area contributed by atoms with Crippen molar-refractivity contribution in [1.82, 2.24) is 10.2 Å². The predicted molar refractivity (Wildman–Crippen MR) is 71.8 cm³/mol. The van der Waals surface area contributed by atoms with Gasteiger partial charge >= 0.3 is 0 Å². The Bertz CT molecular complexity index is 427. The lowest BCUT2D eigenvalue weighted by Crippen LogP contribution is -2.34. The van der Waals surface area contributed by atoms with Gasteiger partial charge in [-0.2, -0.15) is 0 Å². The number of hydrogen-bond donors (Lipinski definition) is 1. The highest BCUT2D eigenvalue weighted by Crippen LogP contribution is 2.26. The molecule has 96 valence electrons. The Morgan fingerprint density at radius 2 is 2.11 bits per heavy atom. The third-order valence-electron chi connectivity index (χ3n) is 4.08. The van der Waals surface area contributed by atoms with Crippen LogP contribution in [0.15, 0.2) is 30.3 Å². The SMILES string of the molecule is Fc1ccc(C=CCN2CC[C@H]3CNC[C@H]32)cc1. The molecule has 2 heterocycles. The number of rotatable bonds is 3. The van der Waals surface area contributed by atoms with Gasteiger partial charge in [0.25, 0.3) is 0 Å². The van der Waals surface area contributed by atoms with Crippen molar-refractivity contribution < 1.29 is 4.39 Å². The lowest BCUT2D eigenvalue weighted by Gasteiger charge is -2.21. The number of fused-ring (bicyclic) bond motifs is 1. The number of likely N-dealkylation sites (tertiary alicyclic amines) is 1. The predicted octanol–water partition coefficient (Wildman–Crippen LogP) is 2.13. The van der Waals surface area contributed by atoms with E-state index < -0.39 is 0 Å². The fourth-order valence-electron chi connectivity index (χ4n) is 3.06. The molecule has 0 radical (unpaired) electrons. The van der Waals surface area contributed by atoms with Crippen LogP contribution in [0.3, 0.4) is 0 Å². The van der Waals surface area contributed by atoms with Crippen molar-refractivity contribution in [3.05, 3.63) is 41.7 Å². The fourth-order valence-corrected chi connectivity index (χ4v) is 3.06. The number of nitrogens with one attached hydrogen (secondary N) is 1. The first kappa shape index (κ1) is 11.9. The van der Waals surface area contributed by atoms with Crippen LogP contribution in [0.25, 0.3) is 6.08 Å². The molecule has 2 aliphatic heterocycles. The lowest BCUT2D eigenvalue weighted by molar-refractivity contribution is 0.279. The molecule has 2 nitrogen and oxygen atoms in total. The van der Waals surface area contributed by atoms with Crippen molar-refractivity contribution in [1.29, 1.82) is 0 Å². The van der Waals surface area contributed by atoms with E-state index in [0.717, 1.165) is 30.6 Å². The smallest absolute Gasteiger partial charge is 0.123 e. The van der Waals surface area contributed by atoms with Gasteiger partial charge in [-0.1, -0.05) is 24.3 Å². The summed E-state index contributed by atoms with van der Waals surface area (Å²) in [4.78, 5) is 2.55. The molecule has 0 unspecified atom stereocenters. The average molecular weight is 246 g/mol. The first-order valence-electron chi connectivity index (χ1n) is 6.70. The maximum atomic E-state index is 12.8. The Morgan fingerprint density at radius 3 is 2.94 bits per heavy atom. The Hall–Kier alpha value is -1.19. The van der Waals surface area contributed by atoms with Crippen LogP contribution in [-0.4, -0.2) is 37.1 Å². The molecule has 0 bridgehead atoms. The molecule has 1 aromatic rings. The molecule has 3 rings (SSSR count). The van der Waals surface area contributed by atoms with E-state index in [4.69, 9.17) is 0 Å². The largest absolute Gasteiger partial charge is 0.315 e. The van der Waals surface area contributed by atoms with Crippen molar-refractivity contribution in [2.75, 3.05) is 26.2 Å². The topological polar surface area (TPSA) is 15.3 Å². The number of halogens is 1. The molecule has 18 heavy (non-hydrogen) atoms. The highest BCUT2D eigenvalue weighted by atomic mass is 19.1. The van der Waals surface area contributed by atoms with Crippen LogP contribution in [0.5, 0.6) is 0 Å². The summed E-state index contributed by atoms with van der Waals surface area (Å²) >= 11 is 0. The van der Waals surface area contributed by atoms with E-state index in [-0.39, 0.29) is 5.82 Å². The van der Waals surface area contributed by atoms with Crippen molar-refractivity contribution in [3.63, 3.8) is 0 Å². The molecular weight excluding hydrogens is 227 g/mol. The Labute approximate surface area is 107 Å². The minimum atomic E-state index is -0.174. The van der Waals surface area contributed by atoms with E-state index in [9.17, 15) is 4.39 Å². The second-order valence-corrected chi connectivity index (χ2v) is 5.22. The van der Waals surface area contributed by atoms with Crippen molar-refractivity contribution in [2.45, 2.75) is 12.5 Å². The molecule has 2 saturated heterocycles. The first-order chi connectivity index (χ1) is 8.83. The van der Waals surface area contributed by atoms with Gasteiger partial charge in [-0.05, 0) is 43.1 Å². The Kier molecular flexibility index (Phi) is 3.43. The molecule has 0 aromatic heterocycles. The van der Waals surface area contributed by atoms with Gasteiger partial charge in [-0.15, -0.1) is 0 Å². The second kappa shape index (κ2) is 5.21. The van der Waals surface area contributed by atoms with Crippen LogP contribution in [0.2, 0.25) is 0 Å². The molecule has 0 spiro atoms. The summed E-state index contributed by atoms with van der Waals surface area (Å²) in [6, 6.07) is 7.37. The quantitative estimate of drug-likeness (QED) is 0.879. The van der Waals surface area contributed by atoms with Crippen LogP contribution in [0.1, 0.15) is 12.0 Å². The zero-order valence-electron chi connectivity index (χ0n) is 10.5. The molecule has 1 aromatic carbocycles. The van der Waals surface area contributed by atoms with Gasteiger partial charge < -0.3 is 5.32 Å². The summed E-state index contributed by atoms with van der Waals surface area (Å²) in [7, 11) is 0. The third kappa shape index (κ3) is 2.47. The van der Waals surface area contributed by atoms with Crippen LogP contribution >= 0.6 is 0 Å². The van der Waals surface area contributed by atoms with Gasteiger partial charge in [0, 0.05) is 19.1 Å². The van der Waals surface area contributed by atoms with Crippen LogP contribution in [0, 0.1) is 11.7 Å². The zero-order chi connectivity index (χ0) is 12.4. The van der Waals surface area contributed by atoms with E-state index in [1.54, 1.807) is 0 Å². The molecule has 1 N–H and O–H groups in total. The summed E-state index contributed by atoms with van der Waals surface area (Å²) < 4.78 is 12.8. The van der Waals surface area contributed by atoms with Crippen LogP contribution in [0.4, 0.5) is 4.39 Å². The van der Waals surface area contributed by atoms with E-state index in [2.05, 4.69) is 22.4 Å². The van der Waals surface area contributed by atoms with Crippen molar-refractivity contribution in [3.8, 4) is 0 Å². The van der Waals surface area contributed by atoms with E-state index >= 15 is 0 Å². The highest BCUT2D eigenvalue weighted by Gasteiger charge is 2.36. The minimum Gasteiger partial charge on any atom is -0.315 e. The number of nitrogens with zero attached hydrogens (tertiary/aromatic N) is 1. The zero-order valence-corrected chi connectivity index (χ0v) is 10.5. The van der Waals surface area contributed by atoms with E-state index in [0.29, 0.717) is 0 Å². The molecule has 0 aliphatic carbocycles. The maximum Gasteiger partial charge on any atom is 0.123 e. The van der Waals surface area contributed by atoms with Gasteiger partial charge in [0.05, 0.1) is 0 Å². The van der Waals surface area contributed by atoms with Crippen molar-refractivity contribution in [2.24, 2.45) is 5.92 Å². The molecule has 2 fully saturated rings. The monoisotopic (exact) mass is 246 g/mol. The maximum absolute atomic E-state index is 12.8. The molecule has 0 saturated carbocycles. The average Bonchev–Trinajstić information content (AvgIpc) is 2.96. The highest BCUT2D eigenvalue weighted by molar-refractivity contribution is 5.49. The van der Waals surface area contributed by atoms with Crippen LogP contribution in [-0.2, 0) is 0 Å². The normalized spacial score (nSPS) is 28.1. The Morgan fingerprint density at radius 1 is 1.28 bits per heavy atom. The van der Waals surface area contributed by atoms with Gasteiger partial charge in [-0.3, -0.25) is 4.90 Å².